The standard InChI is InChI=1S/C19H19NO3/c1-22-16-9-14-13-8-7-11-5-3-4-6-12(11)18(13)20-19(21)15(14)10-17(16)23-2/h7-10H,3-6H2,1-2H3,(H,20,21). The maximum atomic E-state index is 12.6. The second-order valence-corrected chi connectivity index (χ2v) is 6.04. The van der Waals surface area contributed by atoms with Gasteiger partial charge in [0.15, 0.2) is 11.5 Å². The van der Waals surface area contributed by atoms with Gasteiger partial charge in [0.05, 0.1) is 25.1 Å². The summed E-state index contributed by atoms with van der Waals surface area (Å²) in [5, 5.41) is 2.61. The number of fused-ring (bicyclic) bond motifs is 5. The molecule has 3 aromatic rings. The molecular weight excluding hydrogens is 290 g/mol. The molecule has 0 spiro atoms. The lowest BCUT2D eigenvalue weighted by Gasteiger charge is -2.18. The number of aromatic amines is 1. The van der Waals surface area contributed by atoms with Gasteiger partial charge in [-0.25, -0.2) is 0 Å². The maximum absolute atomic E-state index is 12.6. The van der Waals surface area contributed by atoms with Crippen LogP contribution in [0.2, 0.25) is 0 Å². The highest BCUT2D eigenvalue weighted by molar-refractivity contribution is 6.07. The van der Waals surface area contributed by atoms with Crippen molar-refractivity contribution < 1.29 is 9.47 Å². The first-order valence-corrected chi connectivity index (χ1v) is 7.95. The van der Waals surface area contributed by atoms with Gasteiger partial charge >= 0.3 is 0 Å². The molecule has 0 aliphatic heterocycles. The highest BCUT2D eigenvalue weighted by Crippen LogP contribution is 2.36. The van der Waals surface area contributed by atoms with E-state index in [1.54, 1.807) is 20.3 Å². The Morgan fingerprint density at radius 1 is 0.913 bits per heavy atom. The highest BCUT2D eigenvalue weighted by Gasteiger charge is 2.17. The lowest BCUT2D eigenvalue weighted by Crippen LogP contribution is -2.11. The zero-order chi connectivity index (χ0) is 16.0. The van der Waals surface area contributed by atoms with Crippen LogP contribution in [0.5, 0.6) is 11.5 Å². The second-order valence-electron chi connectivity index (χ2n) is 6.04. The monoisotopic (exact) mass is 309 g/mol. The Morgan fingerprint density at radius 3 is 2.35 bits per heavy atom. The van der Waals surface area contributed by atoms with Crippen LogP contribution >= 0.6 is 0 Å². The number of aromatic nitrogens is 1. The van der Waals surface area contributed by atoms with E-state index < -0.39 is 0 Å². The molecule has 0 saturated heterocycles. The minimum atomic E-state index is -0.0765. The topological polar surface area (TPSA) is 51.3 Å². The van der Waals surface area contributed by atoms with Crippen LogP contribution in [0, 0.1) is 0 Å². The van der Waals surface area contributed by atoms with Crippen molar-refractivity contribution in [3.63, 3.8) is 0 Å². The van der Waals surface area contributed by atoms with E-state index in [0.717, 1.165) is 29.1 Å². The van der Waals surface area contributed by atoms with Crippen molar-refractivity contribution in [3.05, 3.63) is 45.7 Å². The molecule has 4 nitrogen and oxygen atoms in total. The average Bonchev–Trinajstić information content (AvgIpc) is 2.60. The quantitative estimate of drug-likeness (QED) is 0.736. The number of pyridine rings is 1. The number of hydrogen-bond acceptors (Lipinski definition) is 3. The average molecular weight is 309 g/mol. The van der Waals surface area contributed by atoms with E-state index in [0.29, 0.717) is 16.9 Å². The zero-order valence-corrected chi connectivity index (χ0v) is 13.4. The van der Waals surface area contributed by atoms with Gasteiger partial charge in [0.1, 0.15) is 0 Å². The number of nitrogens with one attached hydrogen (secondary N) is 1. The molecule has 0 amide bonds. The van der Waals surface area contributed by atoms with E-state index in [1.807, 2.05) is 6.07 Å². The molecule has 4 rings (SSSR count). The molecule has 1 N–H and O–H groups in total. The van der Waals surface area contributed by atoms with E-state index in [4.69, 9.17) is 9.47 Å². The molecule has 0 atom stereocenters. The van der Waals surface area contributed by atoms with Crippen LogP contribution in [0.1, 0.15) is 24.0 Å². The van der Waals surface area contributed by atoms with Crippen molar-refractivity contribution in [1.29, 1.82) is 0 Å². The van der Waals surface area contributed by atoms with Crippen LogP contribution in [0.3, 0.4) is 0 Å². The molecular formula is C19H19NO3. The van der Waals surface area contributed by atoms with Gasteiger partial charge < -0.3 is 14.5 Å². The molecule has 4 heteroatoms. The molecule has 0 bridgehead atoms. The smallest absolute Gasteiger partial charge is 0.256 e. The van der Waals surface area contributed by atoms with Crippen molar-refractivity contribution >= 4 is 21.7 Å². The summed E-state index contributed by atoms with van der Waals surface area (Å²) >= 11 is 0. The highest BCUT2D eigenvalue weighted by atomic mass is 16.5. The van der Waals surface area contributed by atoms with E-state index in [9.17, 15) is 4.79 Å². The largest absolute Gasteiger partial charge is 0.493 e. The SMILES string of the molecule is COc1cc2c(=O)[nH]c3c4c(ccc3c2cc1OC)CCCC4. The molecule has 118 valence electrons. The summed E-state index contributed by atoms with van der Waals surface area (Å²) < 4.78 is 10.7. The van der Waals surface area contributed by atoms with Crippen LogP contribution in [0.4, 0.5) is 0 Å². The zero-order valence-electron chi connectivity index (χ0n) is 13.4. The minimum absolute atomic E-state index is 0.0765. The van der Waals surface area contributed by atoms with Crippen LogP contribution in [-0.2, 0) is 12.8 Å². The number of ether oxygens (including phenoxy) is 2. The fourth-order valence-electron chi connectivity index (χ4n) is 3.67. The number of H-pyrrole nitrogens is 1. The van der Waals surface area contributed by atoms with Gasteiger partial charge in [0.2, 0.25) is 0 Å². The first-order chi connectivity index (χ1) is 11.2. The maximum Gasteiger partial charge on any atom is 0.256 e. The number of benzene rings is 2. The third-order valence-electron chi connectivity index (χ3n) is 4.83. The summed E-state index contributed by atoms with van der Waals surface area (Å²) in [6.07, 6.45) is 4.53. The molecule has 0 unspecified atom stereocenters. The number of methoxy groups -OCH3 is 2. The molecule has 2 aromatic carbocycles. The van der Waals surface area contributed by atoms with Gasteiger partial charge in [-0.1, -0.05) is 12.1 Å². The van der Waals surface area contributed by atoms with Gasteiger partial charge in [-0.3, -0.25) is 4.79 Å². The Bertz CT molecular complexity index is 972. The van der Waals surface area contributed by atoms with E-state index in [1.165, 1.54) is 24.0 Å². The Balaban J connectivity index is 2.14. The van der Waals surface area contributed by atoms with E-state index in [2.05, 4.69) is 17.1 Å². The normalized spacial score (nSPS) is 14.0. The lowest BCUT2D eigenvalue weighted by molar-refractivity contribution is 0.356. The number of rotatable bonds is 2. The van der Waals surface area contributed by atoms with Gasteiger partial charge in [-0.15, -0.1) is 0 Å². The summed E-state index contributed by atoms with van der Waals surface area (Å²) in [5.41, 5.74) is 3.56. The van der Waals surface area contributed by atoms with Gasteiger partial charge in [0, 0.05) is 10.8 Å². The molecule has 1 aliphatic carbocycles. The first-order valence-electron chi connectivity index (χ1n) is 7.95. The Morgan fingerprint density at radius 2 is 1.61 bits per heavy atom. The molecule has 1 heterocycles. The predicted molar refractivity (Wildman–Crippen MR) is 91.8 cm³/mol. The third kappa shape index (κ3) is 2.09. The number of aryl methyl sites for hydroxylation is 2. The molecule has 0 fully saturated rings. The molecule has 1 aromatic heterocycles. The second kappa shape index (κ2) is 5.30. The third-order valence-corrected chi connectivity index (χ3v) is 4.83. The Hall–Kier alpha value is -2.49. The van der Waals surface area contributed by atoms with Crippen LogP contribution in [-0.4, -0.2) is 19.2 Å². The van der Waals surface area contributed by atoms with Crippen molar-refractivity contribution in [3.8, 4) is 11.5 Å². The van der Waals surface area contributed by atoms with Crippen LogP contribution in [0.25, 0.3) is 21.7 Å². The van der Waals surface area contributed by atoms with Gasteiger partial charge in [0.25, 0.3) is 5.56 Å². The Labute approximate surface area is 134 Å². The minimum Gasteiger partial charge on any atom is -0.493 e. The van der Waals surface area contributed by atoms with Crippen molar-refractivity contribution in [2.24, 2.45) is 0 Å². The summed E-state index contributed by atoms with van der Waals surface area (Å²) in [4.78, 5) is 15.7. The van der Waals surface area contributed by atoms with Crippen molar-refractivity contribution in [2.45, 2.75) is 25.7 Å². The summed E-state index contributed by atoms with van der Waals surface area (Å²) in [5.74, 6) is 1.22. The number of hydrogen-bond donors (Lipinski definition) is 1. The van der Waals surface area contributed by atoms with E-state index in [-0.39, 0.29) is 5.56 Å². The Kier molecular flexibility index (Phi) is 3.26. The fourth-order valence-corrected chi connectivity index (χ4v) is 3.67. The van der Waals surface area contributed by atoms with Crippen molar-refractivity contribution in [2.75, 3.05) is 14.2 Å². The van der Waals surface area contributed by atoms with Crippen LogP contribution < -0.4 is 15.0 Å². The van der Waals surface area contributed by atoms with Crippen molar-refractivity contribution in [1.82, 2.24) is 4.98 Å². The fraction of sp³-hybridized carbons (Fsp3) is 0.316. The summed E-state index contributed by atoms with van der Waals surface area (Å²) in [6.45, 7) is 0. The predicted octanol–water partition coefficient (Wildman–Crippen LogP) is 3.58. The molecule has 0 saturated carbocycles. The molecule has 0 radical (unpaired) electrons. The van der Waals surface area contributed by atoms with Crippen LogP contribution in [0.15, 0.2) is 29.1 Å². The van der Waals surface area contributed by atoms with Gasteiger partial charge in [-0.05, 0) is 48.9 Å². The molecule has 23 heavy (non-hydrogen) atoms. The molecule has 1 aliphatic rings. The summed E-state index contributed by atoms with van der Waals surface area (Å²) in [7, 11) is 3.19. The van der Waals surface area contributed by atoms with Gasteiger partial charge in [-0.2, -0.15) is 0 Å². The lowest BCUT2D eigenvalue weighted by atomic mass is 9.89. The van der Waals surface area contributed by atoms with E-state index >= 15 is 0 Å². The summed E-state index contributed by atoms with van der Waals surface area (Å²) in [6, 6.07) is 7.97. The first kappa shape index (κ1) is 14.1.